The molecule has 4 aromatic rings. The van der Waals surface area contributed by atoms with Crippen LogP contribution in [0.1, 0.15) is 47.1 Å². The van der Waals surface area contributed by atoms with E-state index in [1.165, 1.54) is 0 Å². The number of carbonyl (C=O) groups excluding carboxylic acids is 1. The van der Waals surface area contributed by atoms with Gasteiger partial charge in [0.15, 0.2) is 6.29 Å². The zero-order valence-electron chi connectivity index (χ0n) is 23.0. The molecule has 214 valence electrons. The van der Waals surface area contributed by atoms with Gasteiger partial charge >= 0.3 is 6.03 Å². The number of nitrogens with one attached hydrogen (secondary N) is 2. The number of aliphatic hydroxyl groups is 1. The number of tetrazole rings is 1. The van der Waals surface area contributed by atoms with Crippen molar-refractivity contribution >= 4 is 17.8 Å². The van der Waals surface area contributed by atoms with Gasteiger partial charge in [0.05, 0.1) is 18.8 Å². The van der Waals surface area contributed by atoms with Crippen LogP contribution in [0.25, 0.3) is 0 Å². The average molecular weight is 575 g/mol. The zero-order valence-corrected chi connectivity index (χ0v) is 23.8. The molecule has 0 spiro atoms. The second-order valence-corrected chi connectivity index (χ2v) is 11.0. The number of nitrogens with zero attached hydrogens (tertiary/aromatic N) is 4. The lowest BCUT2D eigenvalue weighted by Crippen LogP contribution is -2.38. The Balaban J connectivity index is 1.24. The molecule has 0 bridgehead atoms. The normalized spacial score (nSPS) is 20.5. The number of hydrogen-bond acceptors (Lipinski definition) is 8. The lowest BCUT2D eigenvalue weighted by Gasteiger charge is -2.41. The molecule has 0 aliphatic carbocycles. The number of thioether (sulfide) groups is 1. The highest BCUT2D eigenvalue weighted by atomic mass is 32.2. The summed E-state index contributed by atoms with van der Waals surface area (Å²) in [5.74, 6) is 0.707. The SMILES string of the molecule is C[C@H]1[C@@H](CSc2nnnn2C)O[C@@H](c2ccc(CNC(=O)NCc3ccccc3)cc2)O[C@H]1c1ccc(CO)cc1. The van der Waals surface area contributed by atoms with Gasteiger partial charge in [-0.05, 0) is 32.7 Å². The van der Waals surface area contributed by atoms with E-state index in [9.17, 15) is 9.90 Å². The lowest BCUT2D eigenvalue weighted by atomic mass is 9.91. The number of ether oxygens (including phenoxy) is 2. The van der Waals surface area contributed by atoms with Gasteiger partial charge in [0.25, 0.3) is 0 Å². The van der Waals surface area contributed by atoms with Crippen molar-refractivity contribution in [1.29, 1.82) is 0 Å². The molecule has 2 amide bonds. The van der Waals surface area contributed by atoms with Crippen LogP contribution in [-0.4, -0.2) is 43.2 Å². The lowest BCUT2D eigenvalue weighted by molar-refractivity contribution is -0.268. The Morgan fingerprint density at radius 1 is 0.902 bits per heavy atom. The van der Waals surface area contributed by atoms with Gasteiger partial charge in [-0.2, -0.15) is 0 Å². The van der Waals surface area contributed by atoms with Gasteiger partial charge < -0.3 is 25.2 Å². The van der Waals surface area contributed by atoms with E-state index in [1.54, 1.807) is 16.4 Å². The summed E-state index contributed by atoms with van der Waals surface area (Å²) in [5, 5.41) is 27.7. The highest BCUT2D eigenvalue weighted by molar-refractivity contribution is 7.99. The average Bonchev–Trinajstić information content (AvgIpc) is 3.43. The van der Waals surface area contributed by atoms with Crippen LogP contribution in [0.2, 0.25) is 0 Å². The van der Waals surface area contributed by atoms with Crippen molar-refractivity contribution in [3.63, 3.8) is 0 Å². The van der Waals surface area contributed by atoms with E-state index in [2.05, 4.69) is 33.1 Å². The van der Waals surface area contributed by atoms with Gasteiger partial charge in [0.1, 0.15) is 0 Å². The molecular weight excluding hydrogens is 540 g/mol. The molecule has 10 nitrogen and oxygen atoms in total. The monoisotopic (exact) mass is 574 g/mol. The standard InChI is InChI=1S/C30H34N6O4S/c1-20-26(19-41-30-33-34-35-36(30)2)39-28(40-27(20)24-12-10-23(18-37)11-13-24)25-14-8-22(9-15-25)17-32-29(38)31-16-21-6-4-3-5-7-21/h3-15,20,26-28,37H,16-19H2,1-2H3,(H2,31,32,38)/t20-,26+,27+,28+/m0/s1. The van der Waals surface area contributed by atoms with Crippen LogP contribution in [0.15, 0.2) is 84.0 Å². The van der Waals surface area contributed by atoms with Gasteiger partial charge in [-0.25, -0.2) is 9.48 Å². The largest absolute Gasteiger partial charge is 0.392 e. The Morgan fingerprint density at radius 3 is 2.17 bits per heavy atom. The van der Waals surface area contributed by atoms with Gasteiger partial charge in [0, 0.05) is 37.4 Å². The number of aliphatic hydroxyl groups excluding tert-OH is 1. The van der Waals surface area contributed by atoms with Crippen LogP contribution in [0, 0.1) is 5.92 Å². The summed E-state index contributed by atoms with van der Waals surface area (Å²) < 4.78 is 14.7. The maximum absolute atomic E-state index is 12.3. The fraction of sp³-hybridized carbons (Fsp3) is 0.333. The maximum Gasteiger partial charge on any atom is 0.315 e. The third-order valence-electron chi connectivity index (χ3n) is 7.08. The minimum Gasteiger partial charge on any atom is -0.392 e. The second-order valence-electron chi connectivity index (χ2n) is 9.98. The van der Waals surface area contributed by atoms with Crippen molar-refractivity contribution in [3.8, 4) is 0 Å². The number of rotatable bonds is 10. The second kappa shape index (κ2) is 13.7. The number of carbonyl (C=O) groups is 1. The first-order valence-electron chi connectivity index (χ1n) is 13.5. The summed E-state index contributed by atoms with van der Waals surface area (Å²) >= 11 is 1.55. The van der Waals surface area contributed by atoms with Crippen molar-refractivity contribution in [3.05, 3.63) is 107 Å². The Bertz CT molecular complexity index is 1400. The summed E-state index contributed by atoms with van der Waals surface area (Å²) in [4.78, 5) is 12.3. The van der Waals surface area contributed by atoms with Crippen LogP contribution >= 0.6 is 11.8 Å². The van der Waals surface area contributed by atoms with Crippen LogP contribution in [-0.2, 0) is 36.2 Å². The molecule has 11 heteroatoms. The predicted octanol–water partition coefficient (Wildman–Crippen LogP) is 4.29. The maximum atomic E-state index is 12.3. The molecule has 1 aliphatic heterocycles. The predicted molar refractivity (Wildman–Crippen MR) is 154 cm³/mol. The molecule has 1 fully saturated rings. The third kappa shape index (κ3) is 7.50. The molecule has 41 heavy (non-hydrogen) atoms. The third-order valence-corrected chi connectivity index (χ3v) is 8.18. The van der Waals surface area contributed by atoms with E-state index in [-0.39, 0.29) is 30.8 Å². The Hall–Kier alpha value is -3.77. The highest BCUT2D eigenvalue weighted by Gasteiger charge is 2.38. The molecule has 2 heterocycles. The Labute approximate surface area is 243 Å². The van der Waals surface area contributed by atoms with Crippen molar-refractivity contribution in [2.24, 2.45) is 13.0 Å². The summed E-state index contributed by atoms with van der Waals surface area (Å²) in [6.07, 6.45) is -0.917. The molecule has 4 atom stereocenters. The molecule has 1 saturated heterocycles. The minimum absolute atomic E-state index is 0.00597. The fourth-order valence-electron chi connectivity index (χ4n) is 4.63. The molecule has 0 unspecified atom stereocenters. The molecule has 3 aromatic carbocycles. The number of aryl methyl sites for hydroxylation is 1. The first-order chi connectivity index (χ1) is 20.0. The Morgan fingerprint density at radius 2 is 1.54 bits per heavy atom. The number of hydrogen-bond donors (Lipinski definition) is 3. The van der Waals surface area contributed by atoms with Crippen molar-refractivity contribution < 1.29 is 19.4 Å². The number of amides is 2. The first kappa shape index (κ1) is 28.7. The van der Waals surface area contributed by atoms with Gasteiger partial charge in [-0.1, -0.05) is 97.5 Å². The van der Waals surface area contributed by atoms with E-state index in [0.717, 1.165) is 33.0 Å². The van der Waals surface area contributed by atoms with Crippen LogP contribution < -0.4 is 10.6 Å². The molecule has 1 aliphatic rings. The van der Waals surface area contributed by atoms with E-state index in [4.69, 9.17) is 9.47 Å². The summed E-state index contributed by atoms with van der Waals surface area (Å²) in [6.45, 7) is 2.98. The Kier molecular flexibility index (Phi) is 9.63. The van der Waals surface area contributed by atoms with Crippen LogP contribution in [0.3, 0.4) is 0 Å². The molecule has 1 aromatic heterocycles. The van der Waals surface area contributed by atoms with E-state index >= 15 is 0 Å². The number of benzene rings is 3. The molecule has 5 rings (SSSR count). The van der Waals surface area contributed by atoms with Gasteiger partial charge in [-0.15, -0.1) is 5.10 Å². The molecular formula is C30H34N6O4S. The smallest absolute Gasteiger partial charge is 0.315 e. The summed E-state index contributed by atoms with van der Waals surface area (Å²) in [5.41, 5.74) is 4.78. The number of urea groups is 1. The van der Waals surface area contributed by atoms with Crippen LogP contribution in [0.5, 0.6) is 0 Å². The van der Waals surface area contributed by atoms with Crippen molar-refractivity contribution in [2.45, 2.75) is 50.3 Å². The summed E-state index contributed by atoms with van der Waals surface area (Å²) in [6, 6.07) is 25.3. The fourth-order valence-corrected chi connectivity index (χ4v) is 5.64. The van der Waals surface area contributed by atoms with Crippen molar-refractivity contribution in [2.75, 3.05) is 5.75 Å². The van der Waals surface area contributed by atoms with Gasteiger partial charge in [0.2, 0.25) is 5.16 Å². The molecule has 0 saturated carbocycles. The zero-order chi connectivity index (χ0) is 28.6. The number of aromatic nitrogens is 4. The van der Waals surface area contributed by atoms with E-state index < -0.39 is 6.29 Å². The van der Waals surface area contributed by atoms with E-state index in [0.29, 0.717) is 18.8 Å². The molecule has 0 radical (unpaired) electrons. The van der Waals surface area contributed by atoms with Gasteiger partial charge in [-0.3, -0.25) is 0 Å². The van der Waals surface area contributed by atoms with E-state index in [1.807, 2.05) is 85.9 Å². The topological polar surface area (TPSA) is 123 Å². The molecule has 3 N–H and O–H groups in total. The highest BCUT2D eigenvalue weighted by Crippen LogP contribution is 2.42. The van der Waals surface area contributed by atoms with Crippen molar-refractivity contribution in [1.82, 2.24) is 30.8 Å². The summed E-state index contributed by atoms with van der Waals surface area (Å²) in [7, 11) is 1.81. The first-order valence-corrected chi connectivity index (χ1v) is 14.5. The minimum atomic E-state index is -0.576. The quantitative estimate of drug-likeness (QED) is 0.240. The van der Waals surface area contributed by atoms with Crippen LogP contribution in [0.4, 0.5) is 4.79 Å².